The molecule has 0 spiro atoms. The Morgan fingerprint density at radius 3 is 2.94 bits per heavy atom. The highest BCUT2D eigenvalue weighted by Gasteiger charge is 2.27. The quantitative estimate of drug-likeness (QED) is 0.737. The maximum atomic E-state index is 12.0. The Hall–Kier alpha value is -2.08. The molecule has 1 N–H and O–H groups in total. The molecule has 1 aliphatic heterocycles. The van der Waals surface area contributed by atoms with E-state index in [1.807, 2.05) is 13.0 Å². The van der Waals surface area contributed by atoms with E-state index in [0.717, 1.165) is 5.56 Å². The number of pyridine rings is 1. The van der Waals surface area contributed by atoms with Crippen molar-refractivity contribution in [1.29, 1.82) is 0 Å². The van der Waals surface area contributed by atoms with Gasteiger partial charge in [-0.1, -0.05) is 6.07 Å². The van der Waals surface area contributed by atoms with Crippen molar-refractivity contribution in [1.82, 2.24) is 4.98 Å². The third-order valence-electron chi connectivity index (χ3n) is 2.63. The van der Waals surface area contributed by atoms with Crippen molar-refractivity contribution in [2.75, 3.05) is 5.32 Å². The van der Waals surface area contributed by atoms with Gasteiger partial charge in [-0.15, -0.1) is 0 Å². The number of fused-ring (bicyclic) bond motifs is 2. The average Bonchev–Trinajstić information content (AvgIpc) is 2.43. The number of nitrogens with zero attached hydrogens (tertiary/aromatic N) is 1. The van der Waals surface area contributed by atoms with Crippen LogP contribution in [0.4, 0.5) is 11.5 Å². The van der Waals surface area contributed by atoms with E-state index in [9.17, 15) is 8.42 Å². The van der Waals surface area contributed by atoms with Crippen LogP contribution in [-0.4, -0.2) is 13.4 Å². The first-order valence-electron chi connectivity index (χ1n) is 5.33. The Balaban J connectivity index is 2.27. The molecule has 1 aromatic heterocycles. The molecule has 3 rings (SSSR count). The van der Waals surface area contributed by atoms with Crippen LogP contribution in [0, 0.1) is 6.92 Å². The van der Waals surface area contributed by atoms with Gasteiger partial charge in [-0.25, -0.2) is 4.98 Å². The molecule has 2 aromatic rings. The van der Waals surface area contributed by atoms with Crippen LogP contribution in [0.5, 0.6) is 5.75 Å². The van der Waals surface area contributed by atoms with E-state index in [2.05, 4.69) is 10.3 Å². The van der Waals surface area contributed by atoms with E-state index in [-0.39, 0.29) is 16.5 Å². The number of hydrogen-bond donors (Lipinski definition) is 1. The first kappa shape index (κ1) is 11.0. The van der Waals surface area contributed by atoms with Crippen molar-refractivity contribution < 1.29 is 12.6 Å². The standard InChI is InChI=1S/C12H10N2O3S/c1-8-4-5-10-9(7-8)14-12-11(3-2-6-13-12)18(15,16)17-10/h2-7H,1H3,(H,13,14). The zero-order chi connectivity index (χ0) is 12.8. The molecule has 2 heterocycles. The van der Waals surface area contributed by atoms with Crippen molar-refractivity contribution in [2.24, 2.45) is 0 Å². The Kier molecular flexibility index (Phi) is 2.27. The SMILES string of the molecule is Cc1ccc2c(c1)Nc1ncccc1S(=O)(=O)O2. The predicted molar refractivity (Wildman–Crippen MR) is 66.5 cm³/mol. The summed E-state index contributed by atoms with van der Waals surface area (Å²) in [4.78, 5) is 4.07. The maximum absolute atomic E-state index is 12.0. The largest absolute Gasteiger partial charge is 0.377 e. The second kappa shape index (κ2) is 3.71. The molecule has 0 atom stereocenters. The van der Waals surface area contributed by atoms with Crippen molar-refractivity contribution in [3.63, 3.8) is 0 Å². The van der Waals surface area contributed by atoms with E-state index in [1.54, 1.807) is 18.2 Å². The average molecular weight is 262 g/mol. The molecular weight excluding hydrogens is 252 g/mol. The number of hydrogen-bond acceptors (Lipinski definition) is 5. The van der Waals surface area contributed by atoms with E-state index in [4.69, 9.17) is 4.18 Å². The molecule has 92 valence electrons. The first-order chi connectivity index (χ1) is 8.56. The minimum absolute atomic E-state index is 0.0406. The molecule has 1 aromatic carbocycles. The third-order valence-corrected chi connectivity index (χ3v) is 3.89. The fourth-order valence-electron chi connectivity index (χ4n) is 1.79. The van der Waals surface area contributed by atoms with Gasteiger partial charge >= 0.3 is 10.1 Å². The number of aromatic nitrogens is 1. The van der Waals surface area contributed by atoms with E-state index >= 15 is 0 Å². The Labute approximate surface area is 105 Å². The summed E-state index contributed by atoms with van der Waals surface area (Å²) >= 11 is 0. The third kappa shape index (κ3) is 1.70. The monoisotopic (exact) mass is 262 g/mol. The molecule has 0 unspecified atom stereocenters. The van der Waals surface area contributed by atoms with Crippen LogP contribution in [0.2, 0.25) is 0 Å². The maximum Gasteiger partial charge on any atom is 0.343 e. The van der Waals surface area contributed by atoms with Crippen molar-refractivity contribution in [3.8, 4) is 5.75 Å². The van der Waals surface area contributed by atoms with Gasteiger partial charge in [0.15, 0.2) is 11.6 Å². The van der Waals surface area contributed by atoms with Gasteiger partial charge in [0.25, 0.3) is 0 Å². The lowest BCUT2D eigenvalue weighted by molar-refractivity contribution is 0.489. The Morgan fingerprint density at radius 1 is 1.28 bits per heavy atom. The van der Waals surface area contributed by atoms with Crippen molar-refractivity contribution in [3.05, 3.63) is 42.1 Å². The lowest BCUT2D eigenvalue weighted by Crippen LogP contribution is -2.09. The summed E-state index contributed by atoms with van der Waals surface area (Å²) in [6.45, 7) is 1.92. The van der Waals surface area contributed by atoms with Crippen LogP contribution in [0.3, 0.4) is 0 Å². The van der Waals surface area contributed by atoms with Gasteiger partial charge in [0.1, 0.15) is 4.90 Å². The zero-order valence-corrected chi connectivity index (χ0v) is 10.4. The lowest BCUT2D eigenvalue weighted by atomic mass is 10.2. The summed E-state index contributed by atoms with van der Waals surface area (Å²) in [6, 6.07) is 8.25. The zero-order valence-electron chi connectivity index (χ0n) is 9.54. The number of aryl methyl sites for hydroxylation is 1. The molecule has 0 saturated heterocycles. The molecule has 1 aliphatic rings. The molecule has 0 amide bonds. The molecule has 18 heavy (non-hydrogen) atoms. The van der Waals surface area contributed by atoms with Crippen LogP contribution in [-0.2, 0) is 10.1 Å². The van der Waals surface area contributed by atoms with Gasteiger partial charge in [0.2, 0.25) is 0 Å². The van der Waals surface area contributed by atoms with E-state index < -0.39 is 10.1 Å². The highest BCUT2D eigenvalue weighted by molar-refractivity contribution is 7.87. The smallest absolute Gasteiger partial charge is 0.343 e. The molecule has 0 saturated carbocycles. The first-order valence-corrected chi connectivity index (χ1v) is 6.74. The molecule has 5 nitrogen and oxygen atoms in total. The highest BCUT2D eigenvalue weighted by atomic mass is 32.2. The molecule has 6 heteroatoms. The Morgan fingerprint density at radius 2 is 2.11 bits per heavy atom. The normalized spacial score (nSPS) is 15.6. The summed E-state index contributed by atoms with van der Waals surface area (Å²) in [6.07, 6.45) is 1.53. The van der Waals surface area contributed by atoms with Gasteiger partial charge in [0.05, 0.1) is 5.69 Å². The van der Waals surface area contributed by atoms with Gasteiger partial charge in [-0.05, 0) is 36.8 Å². The van der Waals surface area contributed by atoms with Gasteiger partial charge in [-0.2, -0.15) is 8.42 Å². The molecule has 0 radical (unpaired) electrons. The molecule has 0 aliphatic carbocycles. The van der Waals surface area contributed by atoms with Gasteiger partial charge < -0.3 is 9.50 Å². The minimum Gasteiger partial charge on any atom is -0.377 e. The fraction of sp³-hybridized carbons (Fsp3) is 0.0833. The van der Waals surface area contributed by atoms with Crippen molar-refractivity contribution >= 4 is 21.6 Å². The van der Waals surface area contributed by atoms with Crippen molar-refractivity contribution in [2.45, 2.75) is 11.8 Å². The molecule has 0 bridgehead atoms. The van der Waals surface area contributed by atoms with Crippen LogP contribution >= 0.6 is 0 Å². The number of nitrogens with one attached hydrogen (secondary N) is 1. The summed E-state index contributed by atoms with van der Waals surface area (Å²) in [5.74, 6) is 0.556. The number of anilines is 2. The second-order valence-electron chi connectivity index (χ2n) is 4.01. The summed E-state index contributed by atoms with van der Waals surface area (Å²) in [5, 5.41) is 2.98. The fourth-order valence-corrected chi connectivity index (χ4v) is 2.85. The number of rotatable bonds is 0. The van der Waals surface area contributed by atoms with Crippen LogP contribution in [0.25, 0.3) is 0 Å². The van der Waals surface area contributed by atoms with E-state index in [1.165, 1.54) is 12.3 Å². The van der Waals surface area contributed by atoms with Gasteiger partial charge in [-0.3, -0.25) is 0 Å². The molecular formula is C12H10N2O3S. The lowest BCUT2D eigenvalue weighted by Gasteiger charge is -2.06. The van der Waals surface area contributed by atoms with Crippen LogP contribution in [0.1, 0.15) is 5.56 Å². The summed E-state index contributed by atoms with van der Waals surface area (Å²) in [5.41, 5.74) is 1.60. The van der Waals surface area contributed by atoms with E-state index in [0.29, 0.717) is 5.69 Å². The topological polar surface area (TPSA) is 68.3 Å². The number of benzene rings is 1. The summed E-state index contributed by atoms with van der Waals surface area (Å²) in [7, 11) is -3.83. The summed E-state index contributed by atoms with van der Waals surface area (Å²) < 4.78 is 29.2. The molecule has 0 fully saturated rings. The highest BCUT2D eigenvalue weighted by Crippen LogP contribution is 2.36. The van der Waals surface area contributed by atoms with Crippen LogP contribution in [0.15, 0.2) is 41.4 Å². The second-order valence-corrected chi connectivity index (χ2v) is 5.53. The predicted octanol–water partition coefficient (Wildman–Crippen LogP) is 2.21. The van der Waals surface area contributed by atoms with Crippen LogP contribution < -0.4 is 9.50 Å². The Bertz CT molecular complexity index is 726. The minimum atomic E-state index is -3.83. The van der Waals surface area contributed by atoms with Gasteiger partial charge in [0, 0.05) is 6.20 Å².